The molecule has 1 rings (SSSR count). The monoisotopic (exact) mass is 226 g/mol. The van der Waals surface area contributed by atoms with Crippen LogP contribution in [0.4, 0.5) is 0 Å². The third-order valence-electron chi connectivity index (χ3n) is 3.38. The van der Waals surface area contributed by atoms with Gasteiger partial charge in [-0.2, -0.15) is 0 Å². The Labute approximate surface area is 99.4 Å². The number of likely N-dealkylation sites (tertiary alicyclic amines) is 1. The lowest BCUT2D eigenvalue weighted by atomic mass is 9.93. The van der Waals surface area contributed by atoms with Crippen LogP contribution in [0.5, 0.6) is 0 Å². The Bertz CT molecular complexity index is 244. The summed E-state index contributed by atoms with van der Waals surface area (Å²) in [7, 11) is 0. The summed E-state index contributed by atoms with van der Waals surface area (Å²) in [5, 5.41) is 0. The Hall–Kier alpha value is -0.570. The minimum atomic E-state index is 0.0221. The molecule has 2 N–H and O–H groups in total. The van der Waals surface area contributed by atoms with Crippen LogP contribution in [-0.4, -0.2) is 30.4 Å². The summed E-state index contributed by atoms with van der Waals surface area (Å²) in [6.07, 6.45) is 2.02. The van der Waals surface area contributed by atoms with Gasteiger partial charge in [-0.3, -0.25) is 4.79 Å². The number of amides is 1. The molecule has 1 aliphatic rings. The maximum atomic E-state index is 12.2. The highest BCUT2D eigenvalue weighted by molar-refractivity contribution is 5.79. The maximum Gasteiger partial charge on any atom is 0.226 e. The number of rotatable bonds is 4. The van der Waals surface area contributed by atoms with Gasteiger partial charge in [0.15, 0.2) is 0 Å². The predicted molar refractivity (Wildman–Crippen MR) is 67.0 cm³/mol. The van der Waals surface area contributed by atoms with Gasteiger partial charge < -0.3 is 10.6 Å². The molecule has 1 amide bonds. The zero-order valence-corrected chi connectivity index (χ0v) is 11.1. The van der Waals surface area contributed by atoms with E-state index < -0.39 is 0 Å². The van der Waals surface area contributed by atoms with Crippen molar-refractivity contribution in [3.05, 3.63) is 0 Å². The van der Waals surface area contributed by atoms with Crippen LogP contribution < -0.4 is 5.73 Å². The molecule has 1 atom stereocenters. The molecule has 0 bridgehead atoms. The minimum Gasteiger partial charge on any atom is -0.342 e. The fourth-order valence-corrected chi connectivity index (χ4v) is 2.43. The number of carbonyl (C=O) groups is 1. The van der Waals surface area contributed by atoms with Crippen LogP contribution in [0.1, 0.15) is 40.5 Å². The summed E-state index contributed by atoms with van der Waals surface area (Å²) < 4.78 is 0. The molecule has 16 heavy (non-hydrogen) atoms. The third-order valence-corrected chi connectivity index (χ3v) is 3.38. The lowest BCUT2D eigenvalue weighted by Crippen LogP contribution is -2.39. The van der Waals surface area contributed by atoms with Crippen molar-refractivity contribution in [2.75, 3.05) is 19.6 Å². The molecule has 1 heterocycles. The van der Waals surface area contributed by atoms with E-state index in [1.165, 1.54) is 0 Å². The molecule has 3 nitrogen and oxygen atoms in total. The van der Waals surface area contributed by atoms with E-state index in [1.54, 1.807) is 0 Å². The molecule has 0 spiro atoms. The molecule has 0 aliphatic carbocycles. The second kappa shape index (κ2) is 5.17. The molecule has 0 aromatic heterocycles. The summed E-state index contributed by atoms with van der Waals surface area (Å²) in [5.41, 5.74) is 5.99. The van der Waals surface area contributed by atoms with Gasteiger partial charge in [-0.1, -0.05) is 27.7 Å². The van der Waals surface area contributed by atoms with Crippen molar-refractivity contribution in [2.24, 2.45) is 23.0 Å². The molecule has 94 valence electrons. The van der Waals surface area contributed by atoms with Gasteiger partial charge in [0.1, 0.15) is 0 Å². The number of nitrogens with zero attached hydrogens (tertiary/aromatic N) is 1. The minimum absolute atomic E-state index is 0.0221. The smallest absolute Gasteiger partial charge is 0.226 e. The van der Waals surface area contributed by atoms with Gasteiger partial charge >= 0.3 is 0 Å². The van der Waals surface area contributed by atoms with Crippen molar-refractivity contribution in [2.45, 2.75) is 40.5 Å². The second-order valence-electron chi connectivity index (χ2n) is 6.24. The SMILES string of the molecule is CC(C)CC(CN)C(=O)N1CCC(C)(C)C1. The quantitative estimate of drug-likeness (QED) is 0.795. The average molecular weight is 226 g/mol. The fourth-order valence-electron chi connectivity index (χ4n) is 2.43. The average Bonchev–Trinajstić information content (AvgIpc) is 2.54. The van der Waals surface area contributed by atoms with E-state index in [2.05, 4.69) is 27.7 Å². The normalized spacial score (nSPS) is 21.5. The van der Waals surface area contributed by atoms with E-state index in [4.69, 9.17) is 5.73 Å². The van der Waals surface area contributed by atoms with Crippen molar-refractivity contribution in [3.8, 4) is 0 Å². The zero-order valence-electron chi connectivity index (χ0n) is 11.1. The van der Waals surface area contributed by atoms with E-state index in [1.807, 2.05) is 4.90 Å². The molecule has 0 aromatic rings. The first kappa shape index (κ1) is 13.5. The summed E-state index contributed by atoms with van der Waals surface area (Å²) in [5.74, 6) is 0.823. The summed E-state index contributed by atoms with van der Waals surface area (Å²) in [6, 6.07) is 0. The molecule has 1 unspecified atom stereocenters. The van der Waals surface area contributed by atoms with E-state index in [0.29, 0.717) is 12.5 Å². The lowest BCUT2D eigenvalue weighted by Gasteiger charge is -2.25. The number of carbonyl (C=O) groups excluding carboxylic acids is 1. The van der Waals surface area contributed by atoms with Crippen LogP contribution in [0.2, 0.25) is 0 Å². The van der Waals surface area contributed by atoms with Gasteiger partial charge in [-0.05, 0) is 24.2 Å². The second-order valence-corrected chi connectivity index (χ2v) is 6.24. The topological polar surface area (TPSA) is 46.3 Å². The van der Waals surface area contributed by atoms with Crippen LogP contribution in [-0.2, 0) is 4.79 Å². The first-order valence-electron chi connectivity index (χ1n) is 6.34. The maximum absolute atomic E-state index is 12.2. The van der Waals surface area contributed by atoms with Gasteiger partial charge in [0.05, 0.1) is 5.92 Å². The summed E-state index contributed by atoms with van der Waals surface area (Å²) in [4.78, 5) is 14.2. The van der Waals surface area contributed by atoms with Crippen LogP contribution in [0.3, 0.4) is 0 Å². The lowest BCUT2D eigenvalue weighted by molar-refractivity contribution is -0.135. The fraction of sp³-hybridized carbons (Fsp3) is 0.923. The van der Waals surface area contributed by atoms with Crippen molar-refractivity contribution < 1.29 is 4.79 Å². The molecule has 0 aromatic carbocycles. The van der Waals surface area contributed by atoms with Crippen molar-refractivity contribution in [1.82, 2.24) is 4.90 Å². The molecule has 3 heteroatoms. The van der Waals surface area contributed by atoms with E-state index in [9.17, 15) is 4.79 Å². The number of hydrogen-bond acceptors (Lipinski definition) is 2. The highest BCUT2D eigenvalue weighted by Gasteiger charge is 2.34. The first-order chi connectivity index (χ1) is 7.35. The molecule has 1 aliphatic heterocycles. The van der Waals surface area contributed by atoms with Crippen LogP contribution >= 0.6 is 0 Å². The van der Waals surface area contributed by atoms with Gasteiger partial charge in [0, 0.05) is 19.6 Å². The Morgan fingerprint density at radius 3 is 2.44 bits per heavy atom. The Balaban J connectivity index is 2.56. The van der Waals surface area contributed by atoms with Crippen molar-refractivity contribution in [1.29, 1.82) is 0 Å². The zero-order chi connectivity index (χ0) is 12.3. The first-order valence-corrected chi connectivity index (χ1v) is 6.34. The van der Waals surface area contributed by atoms with Crippen LogP contribution in [0.15, 0.2) is 0 Å². The van der Waals surface area contributed by atoms with E-state index in [-0.39, 0.29) is 17.2 Å². The molecule has 0 radical (unpaired) electrons. The third kappa shape index (κ3) is 3.48. The number of hydrogen-bond donors (Lipinski definition) is 1. The largest absolute Gasteiger partial charge is 0.342 e. The van der Waals surface area contributed by atoms with Crippen LogP contribution in [0.25, 0.3) is 0 Å². The van der Waals surface area contributed by atoms with Gasteiger partial charge in [-0.25, -0.2) is 0 Å². The van der Waals surface area contributed by atoms with Crippen molar-refractivity contribution >= 4 is 5.91 Å². The highest BCUT2D eigenvalue weighted by Crippen LogP contribution is 2.30. The van der Waals surface area contributed by atoms with Crippen molar-refractivity contribution in [3.63, 3.8) is 0 Å². The Morgan fingerprint density at radius 1 is 1.44 bits per heavy atom. The summed E-state index contributed by atoms with van der Waals surface area (Å²) in [6.45, 7) is 11.0. The van der Waals surface area contributed by atoms with E-state index >= 15 is 0 Å². The number of nitrogens with two attached hydrogens (primary N) is 1. The Kier molecular flexibility index (Phi) is 4.36. The standard InChI is InChI=1S/C13H26N2O/c1-10(2)7-11(8-14)12(16)15-6-5-13(3,4)9-15/h10-11H,5-9,14H2,1-4H3. The van der Waals surface area contributed by atoms with E-state index in [0.717, 1.165) is 25.9 Å². The van der Waals surface area contributed by atoms with Crippen LogP contribution in [0, 0.1) is 17.3 Å². The molecular weight excluding hydrogens is 200 g/mol. The summed E-state index contributed by atoms with van der Waals surface area (Å²) >= 11 is 0. The molecule has 1 saturated heterocycles. The molecular formula is C13H26N2O. The molecule has 0 saturated carbocycles. The molecule has 1 fully saturated rings. The Morgan fingerprint density at radius 2 is 2.06 bits per heavy atom. The van der Waals surface area contributed by atoms with Gasteiger partial charge in [0.25, 0.3) is 0 Å². The highest BCUT2D eigenvalue weighted by atomic mass is 16.2. The predicted octanol–water partition coefficient (Wildman–Crippen LogP) is 1.87. The van der Waals surface area contributed by atoms with Gasteiger partial charge in [0.2, 0.25) is 5.91 Å². The van der Waals surface area contributed by atoms with Gasteiger partial charge in [-0.15, -0.1) is 0 Å².